The van der Waals surface area contributed by atoms with Crippen LogP contribution in [0.15, 0.2) is 12.3 Å². The summed E-state index contributed by atoms with van der Waals surface area (Å²) in [6, 6.07) is 2.74. The van der Waals surface area contributed by atoms with Crippen LogP contribution in [0, 0.1) is 6.92 Å². The van der Waals surface area contributed by atoms with Gasteiger partial charge < -0.3 is 15.3 Å². The second-order valence-corrected chi connectivity index (χ2v) is 5.72. The molecule has 0 unspecified atom stereocenters. The first kappa shape index (κ1) is 15.3. The van der Waals surface area contributed by atoms with Crippen LogP contribution in [0.1, 0.15) is 43.2 Å². The standard InChI is InChI=1S/C16H27N3O/c1-13-10-14(11-17-2)12-18-16(13)19(8-9-20)15-6-4-3-5-7-15/h10,12,15,17,20H,3-9,11H2,1-2H3. The molecule has 0 saturated heterocycles. The highest BCUT2D eigenvalue weighted by molar-refractivity contribution is 5.48. The van der Waals surface area contributed by atoms with Gasteiger partial charge in [-0.2, -0.15) is 0 Å². The van der Waals surface area contributed by atoms with Crippen LogP contribution in [0.3, 0.4) is 0 Å². The van der Waals surface area contributed by atoms with Crippen molar-refractivity contribution in [3.05, 3.63) is 23.4 Å². The Morgan fingerprint density at radius 2 is 2.10 bits per heavy atom. The summed E-state index contributed by atoms with van der Waals surface area (Å²) in [5, 5.41) is 12.5. The largest absolute Gasteiger partial charge is 0.395 e. The lowest BCUT2D eigenvalue weighted by molar-refractivity contribution is 0.289. The summed E-state index contributed by atoms with van der Waals surface area (Å²) in [7, 11) is 1.95. The summed E-state index contributed by atoms with van der Waals surface area (Å²) in [5.41, 5.74) is 2.41. The normalized spacial score (nSPS) is 16.4. The molecule has 20 heavy (non-hydrogen) atoms. The molecule has 1 aromatic heterocycles. The van der Waals surface area contributed by atoms with E-state index >= 15 is 0 Å². The van der Waals surface area contributed by atoms with E-state index in [0.717, 1.165) is 12.4 Å². The number of aliphatic hydroxyl groups excluding tert-OH is 1. The van der Waals surface area contributed by atoms with Crippen LogP contribution >= 0.6 is 0 Å². The molecule has 0 aromatic carbocycles. The summed E-state index contributed by atoms with van der Waals surface area (Å²) in [6.45, 7) is 3.84. The summed E-state index contributed by atoms with van der Waals surface area (Å²) < 4.78 is 0. The van der Waals surface area contributed by atoms with Gasteiger partial charge in [0.15, 0.2) is 0 Å². The zero-order valence-electron chi connectivity index (χ0n) is 12.7. The third-order valence-electron chi connectivity index (χ3n) is 4.12. The smallest absolute Gasteiger partial charge is 0.131 e. The van der Waals surface area contributed by atoms with E-state index in [1.54, 1.807) is 0 Å². The molecule has 1 aliphatic carbocycles. The van der Waals surface area contributed by atoms with Gasteiger partial charge in [-0.25, -0.2) is 4.98 Å². The lowest BCUT2D eigenvalue weighted by Crippen LogP contribution is -2.39. The van der Waals surface area contributed by atoms with E-state index in [0.29, 0.717) is 12.6 Å². The third-order valence-corrected chi connectivity index (χ3v) is 4.12. The molecule has 112 valence electrons. The summed E-state index contributed by atoms with van der Waals surface area (Å²) in [4.78, 5) is 6.98. The number of nitrogens with zero attached hydrogens (tertiary/aromatic N) is 2. The predicted molar refractivity (Wildman–Crippen MR) is 83.0 cm³/mol. The zero-order chi connectivity index (χ0) is 14.4. The summed E-state index contributed by atoms with van der Waals surface area (Å²) in [6.07, 6.45) is 8.33. The van der Waals surface area contributed by atoms with Crippen molar-refractivity contribution in [2.45, 2.75) is 51.6 Å². The molecule has 0 radical (unpaired) electrons. The summed E-state index contributed by atoms with van der Waals surface area (Å²) >= 11 is 0. The van der Waals surface area contributed by atoms with Crippen molar-refractivity contribution in [1.82, 2.24) is 10.3 Å². The number of hydrogen-bond acceptors (Lipinski definition) is 4. The minimum Gasteiger partial charge on any atom is -0.395 e. The molecular weight excluding hydrogens is 250 g/mol. The van der Waals surface area contributed by atoms with E-state index in [4.69, 9.17) is 0 Å². The topological polar surface area (TPSA) is 48.4 Å². The molecule has 0 atom stereocenters. The molecular formula is C16H27N3O. The van der Waals surface area contributed by atoms with Crippen molar-refractivity contribution in [3.63, 3.8) is 0 Å². The average molecular weight is 277 g/mol. The van der Waals surface area contributed by atoms with Crippen LogP contribution in [0.5, 0.6) is 0 Å². The molecule has 1 aromatic rings. The van der Waals surface area contributed by atoms with Crippen molar-refractivity contribution >= 4 is 5.82 Å². The van der Waals surface area contributed by atoms with Crippen LogP contribution < -0.4 is 10.2 Å². The molecule has 2 N–H and O–H groups in total. The first-order valence-corrected chi connectivity index (χ1v) is 7.74. The maximum atomic E-state index is 9.38. The molecule has 0 amide bonds. The fourth-order valence-electron chi connectivity index (χ4n) is 3.19. The molecule has 1 saturated carbocycles. The van der Waals surface area contributed by atoms with Crippen molar-refractivity contribution in [3.8, 4) is 0 Å². The number of aliphatic hydroxyl groups is 1. The Hall–Kier alpha value is -1.13. The predicted octanol–water partition coefficient (Wildman–Crippen LogP) is 2.24. The Balaban J connectivity index is 2.19. The van der Waals surface area contributed by atoms with E-state index in [-0.39, 0.29) is 6.61 Å². The van der Waals surface area contributed by atoms with E-state index < -0.39 is 0 Å². The molecule has 4 nitrogen and oxygen atoms in total. The molecule has 1 aliphatic rings. The molecule has 1 heterocycles. The number of aromatic nitrogens is 1. The second kappa shape index (κ2) is 7.60. The highest BCUT2D eigenvalue weighted by Gasteiger charge is 2.23. The van der Waals surface area contributed by atoms with Gasteiger partial charge in [-0.15, -0.1) is 0 Å². The Labute approximate surface area is 122 Å². The maximum Gasteiger partial charge on any atom is 0.131 e. The zero-order valence-corrected chi connectivity index (χ0v) is 12.7. The SMILES string of the molecule is CNCc1cnc(N(CCO)C2CCCCC2)c(C)c1. The van der Waals surface area contributed by atoms with Crippen molar-refractivity contribution in [2.24, 2.45) is 0 Å². The van der Waals surface area contributed by atoms with Gasteiger partial charge in [0.05, 0.1) is 6.61 Å². The molecule has 4 heteroatoms. The fraction of sp³-hybridized carbons (Fsp3) is 0.688. The van der Waals surface area contributed by atoms with Crippen LogP contribution in [-0.4, -0.2) is 36.3 Å². The molecule has 2 rings (SSSR count). The van der Waals surface area contributed by atoms with E-state index in [1.807, 2.05) is 13.2 Å². The van der Waals surface area contributed by atoms with Crippen LogP contribution in [0.4, 0.5) is 5.82 Å². The molecule has 0 aliphatic heterocycles. The van der Waals surface area contributed by atoms with Gasteiger partial charge in [-0.3, -0.25) is 0 Å². The van der Waals surface area contributed by atoms with E-state index in [9.17, 15) is 5.11 Å². The Kier molecular flexibility index (Phi) is 5.80. The average Bonchev–Trinajstić information content (AvgIpc) is 2.47. The third kappa shape index (κ3) is 3.70. The van der Waals surface area contributed by atoms with Gasteiger partial charge >= 0.3 is 0 Å². The number of nitrogens with one attached hydrogen (secondary N) is 1. The number of hydrogen-bond donors (Lipinski definition) is 2. The van der Waals surface area contributed by atoms with E-state index in [2.05, 4.69) is 28.2 Å². The Morgan fingerprint density at radius 1 is 1.35 bits per heavy atom. The monoisotopic (exact) mass is 277 g/mol. The Bertz CT molecular complexity index is 416. The van der Waals surface area contributed by atoms with Crippen molar-refractivity contribution in [1.29, 1.82) is 0 Å². The first-order chi connectivity index (χ1) is 9.76. The Morgan fingerprint density at radius 3 is 2.70 bits per heavy atom. The molecule has 0 bridgehead atoms. The van der Waals surface area contributed by atoms with Crippen molar-refractivity contribution < 1.29 is 5.11 Å². The van der Waals surface area contributed by atoms with Crippen LogP contribution in [0.2, 0.25) is 0 Å². The molecule has 1 fully saturated rings. The number of pyridine rings is 1. The number of rotatable bonds is 6. The lowest BCUT2D eigenvalue weighted by atomic mass is 9.94. The lowest BCUT2D eigenvalue weighted by Gasteiger charge is -2.35. The highest BCUT2D eigenvalue weighted by Crippen LogP contribution is 2.28. The summed E-state index contributed by atoms with van der Waals surface area (Å²) in [5.74, 6) is 1.05. The van der Waals surface area contributed by atoms with Gasteiger partial charge in [0.25, 0.3) is 0 Å². The number of anilines is 1. The number of aryl methyl sites for hydroxylation is 1. The fourth-order valence-corrected chi connectivity index (χ4v) is 3.19. The van der Waals surface area contributed by atoms with Crippen molar-refractivity contribution in [2.75, 3.05) is 25.1 Å². The van der Waals surface area contributed by atoms with Gasteiger partial charge in [-0.05, 0) is 44.0 Å². The van der Waals surface area contributed by atoms with Crippen LogP contribution in [-0.2, 0) is 6.54 Å². The van der Waals surface area contributed by atoms with Gasteiger partial charge in [0, 0.05) is 25.3 Å². The van der Waals surface area contributed by atoms with Gasteiger partial charge in [-0.1, -0.05) is 19.3 Å². The first-order valence-electron chi connectivity index (χ1n) is 7.74. The van der Waals surface area contributed by atoms with Crippen LogP contribution in [0.25, 0.3) is 0 Å². The van der Waals surface area contributed by atoms with Gasteiger partial charge in [0.2, 0.25) is 0 Å². The molecule has 0 spiro atoms. The minimum absolute atomic E-state index is 0.190. The minimum atomic E-state index is 0.190. The highest BCUT2D eigenvalue weighted by atomic mass is 16.3. The quantitative estimate of drug-likeness (QED) is 0.837. The maximum absolute atomic E-state index is 9.38. The van der Waals surface area contributed by atoms with Gasteiger partial charge in [0.1, 0.15) is 5.82 Å². The second-order valence-electron chi connectivity index (χ2n) is 5.72. The van der Waals surface area contributed by atoms with E-state index in [1.165, 1.54) is 43.2 Å².